The quantitative estimate of drug-likeness (QED) is 0.0511. The number of unbranched alkanes of at least 4 members (excludes halogenated alkanes) is 14. The molecule has 0 aliphatic carbocycles. The van der Waals surface area contributed by atoms with Crippen molar-refractivity contribution in [1.29, 1.82) is 0 Å². The summed E-state index contributed by atoms with van der Waals surface area (Å²) in [6, 6.07) is 0. The van der Waals surface area contributed by atoms with Gasteiger partial charge in [-0.2, -0.15) is 0 Å². The van der Waals surface area contributed by atoms with Gasteiger partial charge in [-0.1, -0.05) is 96.8 Å². The van der Waals surface area contributed by atoms with E-state index in [4.69, 9.17) is 47.4 Å². The van der Waals surface area contributed by atoms with Gasteiger partial charge in [0.1, 0.15) is 6.61 Å². The third kappa shape index (κ3) is 43.1. The maximum absolute atomic E-state index is 11.9. The van der Waals surface area contributed by atoms with Gasteiger partial charge in [0, 0.05) is 13.5 Å². The molecule has 0 heterocycles. The van der Waals surface area contributed by atoms with Crippen molar-refractivity contribution in [2.45, 2.75) is 110 Å². The molecule has 48 heavy (non-hydrogen) atoms. The highest BCUT2D eigenvalue weighted by atomic mass is 16.6. The summed E-state index contributed by atoms with van der Waals surface area (Å²) in [7, 11) is 1.65. The van der Waals surface area contributed by atoms with Crippen molar-refractivity contribution in [1.82, 2.24) is 0 Å². The summed E-state index contributed by atoms with van der Waals surface area (Å²) in [6.45, 7) is 11.3. The number of methoxy groups -OCH3 is 1. The Bertz CT molecular complexity index is 598. The van der Waals surface area contributed by atoms with E-state index in [0.29, 0.717) is 125 Å². The standard InChI is InChI=1S/C37H74O11/c1-3-4-5-6-7-8-9-10-11-12-13-14-15-16-17-18-37(38)48-36-35-47-34-33-46-32-31-45-30-29-44-28-27-43-26-25-42-24-23-41-22-21-40-20-19-39-2/h3-36H2,1-2H3. The van der Waals surface area contributed by atoms with Crippen molar-refractivity contribution in [3.63, 3.8) is 0 Å². The molecule has 11 nitrogen and oxygen atoms in total. The summed E-state index contributed by atoms with van der Waals surface area (Å²) in [5.41, 5.74) is 0. The predicted octanol–water partition coefficient (Wildman–Crippen LogP) is 6.57. The zero-order valence-corrected chi connectivity index (χ0v) is 31.0. The number of carbonyl (C=O) groups is 1. The fraction of sp³-hybridized carbons (Fsp3) is 0.973. The van der Waals surface area contributed by atoms with Gasteiger partial charge in [0.15, 0.2) is 0 Å². The molecule has 0 saturated heterocycles. The lowest BCUT2D eigenvalue weighted by molar-refractivity contribution is -0.145. The van der Waals surface area contributed by atoms with Crippen LogP contribution in [-0.4, -0.2) is 132 Å². The minimum Gasteiger partial charge on any atom is -0.463 e. The Hall–Kier alpha value is -0.890. The molecule has 11 heteroatoms. The number of hydrogen-bond donors (Lipinski definition) is 0. The highest BCUT2D eigenvalue weighted by Gasteiger charge is 2.03. The molecule has 288 valence electrons. The third-order valence-corrected chi connectivity index (χ3v) is 7.51. The second kappa shape index (κ2) is 44.1. The molecule has 0 aliphatic rings. The van der Waals surface area contributed by atoms with Crippen LogP contribution in [0, 0.1) is 0 Å². The van der Waals surface area contributed by atoms with Crippen molar-refractivity contribution in [3.8, 4) is 0 Å². The average molecular weight is 695 g/mol. The van der Waals surface area contributed by atoms with Crippen LogP contribution in [0.1, 0.15) is 110 Å². The number of carbonyl (C=O) groups excluding carboxylic acids is 1. The third-order valence-electron chi connectivity index (χ3n) is 7.51. The van der Waals surface area contributed by atoms with Crippen molar-refractivity contribution < 1.29 is 52.2 Å². The largest absolute Gasteiger partial charge is 0.463 e. The Balaban J connectivity index is 3.13. The van der Waals surface area contributed by atoms with Gasteiger partial charge in [-0.15, -0.1) is 0 Å². The summed E-state index contributed by atoms with van der Waals surface area (Å²) >= 11 is 0. The molecule has 0 aromatic heterocycles. The first-order valence-electron chi connectivity index (χ1n) is 19.1. The van der Waals surface area contributed by atoms with E-state index < -0.39 is 0 Å². The van der Waals surface area contributed by atoms with Crippen LogP contribution in [-0.2, 0) is 52.2 Å². The van der Waals surface area contributed by atoms with Crippen molar-refractivity contribution in [2.24, 2.45) is 0 Å². The van der Waals surface area contributed by atoms with E-state index in [1.165, 1.54) is 83.5 Å². The first-order chi connectivity index (χ1) is 23.8. The maximum Gasteiger partial charge on any atom is 0.305 e. The first kappa shape index (κ1) is 47.1. The van der Waals surface area contributed by atoms with Crippen LogP contribution in [0.3, 0.4) is 0 Å². The summed E-state index contributed by atoms with van der Waals surface area (Å²) < 4.78 is 53.7. The second-order valence-corrected chi connectivity index (χ2v) is 11.8. The summed E-state index contributed by atoms with van der Waals surface area (Å²) in [4.78, 5) is 11.9. The van der Waals surface area contributed by atoms with Crippen LogP contribution in [0.5, 0.6) is 0 Å². The molecular weight excluding hydrogens is 620 g/mol. The van der Waals surface area contributed by atoms with E-state index in [1.807, 2.05) is 0 Å². The van der Waals surface area contributed by atoms with Gasteiger partial charge in [-0.3, -0.25) is 4.79 Å². The lowest BCUT2D eigenvalue weighted by Crippen LogP contribution is -2.15. The van der Waals surface area contributed by atoms with Gasteiger partial charge >= 0.3 is 5.97 Å². The predicted molar refractivity (Wildman–Crippen MR) is 189 cm³/mol. The molecule has 0 aromatic rings. The number of hydrogen-bond acceptors (Lipinski definition) is 11. The highest BCUT2D eigenvalue weighted by Crippen LogP contribution is 2.13. The normalized spacial score (nSPS) is 11.5. The van der Waals surface area contributed by atoms with Crippen molar-refractivity contribution in [3.05, 3.63) is 0 Å². The van der Waals surface area contributed by atoms with E-state index >= 15 is 0 Å². The minimum absolute atomic E-state index is 0.127. The number of rotatable bonds is 43. The van der Waals surface area contributed by atoms with Gasteiger partial charge < -0.3 is 47.4 Å². The minimum atomic E-state index is -0.127. The van der Waals surface area contributed by atoms with Gasteiger partial charge in [0.25, 0.3) is 0 Å². The maximum atomic E-state index is 11.9. The molecule has 0 bridgehead atoms. The Morgan fingerprint density at radius 2 is 0.583 bits per heavy atom. The molecule has 0 unspecified atom stereocenters. The lowest BCUT2D eigenvalue weighted by Gasteiger charge is -2.09. The topological polar surface area (TPSA) is 109 Å². The second-order valence-electron chi connectivity index (χ2n) is 11.8. The number of esters is 1. The highest BCUT2D eigenvalue weighted by molar-refractivity contribution is 5.69. The van der Waals surface area contributed by atoms with Crippen LogP contribution >= 0.6 is 0 Å². The SMILES string of the molecule is CCCCCCCCCCCCCCCCCC(=O)OCCOCCOCCOCCOCCOCCOCCOCCOCCOC. The molecule has 0 aliphatic heterocycles. The Morgan fingerprint density at radius 1 is 0.333 bits per heavy atom. The summed E-state index contributed by atoms with van der Waals surface area (Å²) in [5, 5.41) is 0. The fourth-order valence-electron chi connectivity index (χ4n) is 4.71. The first-order valence-corrected chi connectivity index (χ1v) is 19.1. The van der Waals surface area contributed by atoms with Crippen molar-refractivity contribution >= 4 is 5.97 Å². The van der Waals surface area contributed by atoms with E-state index in [9.17, 15) is 4.79 Å². The molecule has 0 radical (unpaired) electrons. The van der Waals surface area contributed by atoms with E-state index in [0.717, 1.165) is 12.8 Å². The molecule has 0 fully saturated rings. The van der Waals surface area contributed by atoms with E-state index in [1.54, 1.807) is 7.11 Å². The van der Waals surface area contributed by atoms with Gasteiger partial charge in [-0.05, 0) is 6.42 Å². The molecule has 0 aromatic carbocycles. The van der Waals surface area contributed by atoms with Crippen LogP contribution in [0.25, 0.3) is 0 Å². The van der Waals surface area contributed by atoms with E-state index in [2.05, 4.69) is 6.92 Å². The summed E-state index contributed by atoms with van der Waals surface area (Å²) in [6.07, 6.45) is 20.3. The van der Waals surface area contributed by atoms with Crippen LogP contribution in [0.4, 0.5) is 0 Å². The Kier molecular flexibility index (Phi) is 43.3. The van der Waals surface area contributed by atoms with Crippen LogP contribution in [0.2, 0.25) is 0 Å². The monoisotopic (exact) mass is 695 g/mol. The molecule has 0 amide bonds. The Labute approximate surface area is 293 Å². The number of ether oxygens (including phenoxy) is 10. The molecule has 0 N–H and O–H groups in total. The molecule has 0 saturated carbocycles. The average Bonchev–Trinajstić information content (AvgIpc) is 3.09. The molecule has 0 spiro atoms. The molecule has 0 atom stereocenters. The van der Waals surface area contributed by atoms with Gasteiger partial charge in [0.05, 0.1) is 112 Å². The van der Waals surface area contributed by atoms with Crippen LogP contribution in [0.15, 0.2) is 0 Å². The van der Waals surface area contributed by atoms with Crippen LogP contribution < -0.4 is 0 Å². The summed E-state index contributed by atoms with van der Waals surface area (Å²) in [5.74, 6) is -0.127. The molecule has 0 rings (SSSR count). The van der Waals surface area contributed by atoms with E-state index in [-0.39, 0.29) is 5.97 Å². The van der Waals surface area contributed by atoms with Gasteiger partial charge in [-0.25, -0.2) is 0 Å². The zero-order chi connectivity index (χ0) is 34.7. The Morgan fingerprint density at radius 3 is 0.875 bits per heavy atom. The smallest absolute Gasteiger partial charge is 0.305 e. The van der Waals surface area contributed by atoms with Gasteiger partial charge in [0.2, 0.25) is 0 Å². The molecular formula is C37H74O11. The fourth-order valence-corrected chi connectivity index (χ4v) is 4.71. The lowest BCUT2D eigenvalue weighted by atomic mass is 10.0. The van der Waals surface area contributed by atoms with Crippen molar-refractivity contribution in [2.75, 3.05) is 126 Å². The zero-order valence-electron chi connectivity index (χ0n) is 31.0.